The zero-order valence-electron chi connectivity index (χ0n) is 9.07. The number of Topliss-reactive ketones (excluding diaryl/α,β-unsaturated/α-hetero) is 1. The van der Waals surface area contributed by atoms with Gasteiger partial charge < -0.3 is 0 Å². The number of aldehydes is 1. The quantitative estimate of drug-likeness (QED) is 0.578. The van der Waals surface area contributed by atoms with Crippen LogP contribution in [-0.4, -0.2) is 12.1 Å². The largest absolute Gasteiger partial charge is 0.298 e. The molecule has 0 radical (unpaired) electrons. The van der Waals surface area contributed by atoms with Gasteiger partial charge >= 0.3 is 0 Å². The summed E-state index contributed by atoms with van der Waals surface area (Å²) in [7, 11) is 0. The highest BCUT2D eigenvalue weighted by Crippen LogP contribution is 2.23. The van der Waals surface area contributed by atoms with E-state index in [2.05, 4.69) is 0 Å². The van der Waals surface area contributed by atoms with Gasteiger partial charge in [-0.3, -0.25) is 9.59 Å². The molecular formula is C14H12O2. The zero-order chi connectivity index (χ0) is 11.5. The molecule has 80 valence electrons. The average molecular weight is 212 g/mol. The molecule has 0 aliphatic rings. The minimum atomic E-state index is 0.0694. The van der Waals surface area contributed by atoms with Gasteiger partial charge in [0, 0.05) is 22.9 Å². The van der Waals surface area contributed by atoms with E-state index in [-0.39, 0.29) is 5.78 Å². The van der Waals surface area contributed by atoms with Crippen molar-refractivity contribution in [3.63, 3.8) is 0 Å². The molecule has 0 saturated carbocycles. The number of ketones is 1. The van der Waals surface area contributed by atoms with Crippen molar-refractivity contribution in [3.8, 4) is 0 Å². The molecule has 0 aliphatic carbocycles. The number of fused-ring (bicyclic) bond motifs is 1. The van der Waals surface area contributed by atoms with Gasteiger partial charge in [0.25, 0.3) is 0 Å². The summed E-state index contributed by atoms with van der Waals surface area (Å²) >= 11 is 0. The van der Waals surface area contributed by atoms with Gasteiger partial charge in [0.1, 0.15) is 0 Å². The lowest BCUT2D eigenvalue weighted by Gasteiger charge is -2.06. The van der Waals surface area contributed by atoms with E-state index >= 15 is 0 Å². The number of carbonyl (C=O) groups excluding carboxylic acids is 2. The Morgan fingerprint density at radius 1 is 1.19 bits per heavy atom. The lowest BCUT2D eigenvalue weighted by molar-refractivity contribution is 0.0989. The van der Waals surface area contributed by atoms with Crippen LogP contribution in [-0.2, 0) is 0 Å². The molecule has 2 aromatic rings. The summed E-state index contributed by atoms with van der Waals surface area (Å²) in [6.45, 7) is 1.82. The Morgan fingerprint density at radius 3 is 2.50 bits per heavy atom. The average Bonchev–Trinajstić information content (AvgIpc) is 2.36. The van der Waals surface area contributed by atoms with Gasteiger partial charge in [-0.25, -0.2) is 0 Å². The maximum Gasteiger partial charge on any atom is 0.163 e. The Balaban J connectivity index is 2.83. The van der Waals surface area contributed by atoms with Crippen molar-refractivity contribution in [2.45, 2.75) is 13.3 Å². The van der Waals surface area contributed by atoms with Crippen LogP contribution in [0.4, 0.5) is 0 Å². The fraction of sp³-hybridized carbons (Fsp3) is 0.143. The first-order valence-electron chi connectivity index (χ1n) is 5.28. The fourth-order valence-corrected chi connectivity index (χ4v) is 1.89. The molecule has 0 bridgehead atoms. The zero-order valence-corrected chi connectivity index (χ0v) is 9.07. The third-order valence-electron chi connectivity index (χ3n) is 2.69. The summed E-state index contributed by atoms with van der Waals surface area (Å²) in [5, 5.41) is 1.70. The lowest BCUT2D eigenvalue weighted by atomic mass is 9.96. The first-order chi connectivity index (χ1) is 7.77. The third kappa shape index (κ3) is 1.63. The van der Waals surface area contributed by atoms with Crippen LogP contribution in [0.15, 0.2) is 36.4 Å². The van der Waals surface area contributed by atoms with E-state index in [1.807, 2.05) is 31.2 Å². The molecule has 2 rings (SSSR count). The molecule has 0 N–H and O–H groups in total. The van der Waals surface area contributed by atoms with Crippen LogP contribution in [0.1, 0.15) is 34.1 Å². The Bertz CT molecular complexity index is 550. The van der Waals surface area contributed by atoms with Crippen LogP contribution in [0.5, 0.6) is 0 Å². The highest BCUT2D eigenvalue weighted by Gasteiger charge is 2.10. The van der Waals surface area contributed by atoms with E-state index in [4.69, 9.17) is 0 Å². The molecule has 0 saturated heterocycles. The van der Waals surface area contributed by atoms with Gasteiger partial charge in [-0.2, -0.15) is 0 Å². The minimum Gasteiger partial charge on any atom is -0.298 e. The number of hydrogen-bond donors (Lipinski definition) is 0. The third-order valence-corrected chi connectivity index (χ3v) is 2.69. The van der Waals surface area contributed by atoms with Crippen molar-refractivity contribution in [3.05, 3.63) is 47.5 Å². The molecule has 0 atom stereocenters. The minimum absolute atomic E-state index is 0.0694. The molecule has 16 heavy (non-hydrogen) atoms. The van der Waals surface area contributed by atoms with Crippen molar-refractivity contribution < 1.29 is 9.59 Å². The fourth-order valence-electron chi connectivity index (χ4n) is 1.89. The summed E-state index contributed by atoms with van der Waals surface area (Å²) in [6.07, 6.45) is 1.25. The topological polar surface area (TPSA) is 34.1 Å². The van der Waals surface area contributed by atoms with E-state index in [1.54, 1.807) is 12.1 Å². The van der Waals surface area contributed by atoms with Crippen molar-refractivity contribution in [1.29, 1.82) is 0 Å². The Morgan fingerprint density at radius 2 is 1.88 bits per heavy atom. The summed E-state index contributed by atoms with van der Waals surface area (Å²) in [5.74, 6) is 0.0694. The van der Waals surface area contributed by atoms with E-state index < -0.39 is 0 Å². The highest BCUT2D eigenvalue weighted by molar-refractivity contribution is 6.12. The molecule has 0 aromatic heterocycles. The maximum atomic E-state index is 11.8. The summed E-state index contributed by atoms with van der Waals surface area (Å²) in [6, 6.07) is 11.0. The molecule has 0 spiro atoms. The molecule has 0 aliphatic heterocycles. The summed E-state index contributed by atoms with van der Waals surface area (Å²) in [4.78, 5) is 22.8. The monoisotopic (exact) mass is 212 g/mol. The van der Waals surface area contributed by atoms with Crippen LogP contribution < -0.4 is 0 Å². The second-order valence-electron chi connectivity index (χ2n) is 3.65. The second-order valence-corrected chi connectivity index (χ2v) is 3.65. The van der Waals surface area contributed by atoms with Gasteiger partial charge in [-0.15, -0.1) is 0 Å². The van der Waals surface area contributed by atoms with Crippen molar-refractivity contribution >= 4 is 22.8 Å². The van der Waals surface area contributed by atoms with Gasteiger partial charge in [-0.05, 0) is 5.39 Å². The van der Waals surface area contributed by atoms with E-state index in [0.717, 1.165) is 17.1 Å². The molecular weight excluding hydrogens is 200 g/mol. The number of carbonyl (C=O) groups is 2. The molecule has 2 nitrogen and oxygen atoms in total. The van der Waals surface area contributed by atoms with Gasteiger partial charge in [0.05, 0.1) is 0 Å². The number of rotatable bonds is 3. The lowest BCUT2D eigenvalue weighted by Crippen LogP contribution is -1.99. The summed E-state index contributed by atoms with van der Waals surface area (Å²) < 4.78 is 0. The first-order valence-corrected chi connectivity index (χ1v) is 5.28. The smallest absolute Gasteiger partial charge is 0.163 e. The standard InChI is InChI=1S/C14H12O2/c1-2-13(16)12-8-4-6-10-5-3-7-11(9-15)14(10)12/h3-9H,2H2,1H3. The van der Waals surface area contributed by atoms with Crippen LogP contribution >= 0.6 is 0 Å². The molecule has 2 aromatic carbocycles. The van der Waals surface area contributed by atoms with Crippen molar-refractivity contribution in [2.75, 3.05) is 0 Å². The number of hydrogen-bond acceptors (Lipinski definition) is 2. The molecule has 0 unspecified atom stereocenters. The Labute approximate surface area is 93.9 Å². The van der Waals surface area contributed by atoms with Gasteiger partial charge in [-0.1, -0.05) is 43.3 Å². The van der Waals surface area contributed by atoms with Crippen LogP contribution in [0.2, 0.25) is 0 Å². The van der Waals surface area contributed by atoms with E-state index in [0.29, 0.717) is 17.5 Å². The van der Waals surface area contributed by atoms with Gasteiger partial charge in [0.2, 0.25) is 0 Å². The van der Waals surface area contributed by atoms with Crippen molar-refractivity contribution in [1.82, 2.24) is 0 Å². The van der Waals surface area contributed by atoms with E-state index in [9.17, 15) is 9.59 Å². The second kappa shape index (κ2) is 4.27. The predicted octanol–water partition coefficient (Wildman–Crippen LogP) is 3.25. The molecule has 0 amide bonds. The molecule has 0 heterocycles. The Hall–Kier alpha value is -1.96. The number of benzene rings is 2. The summed E-state index contributed by atoms with van der Waals surface area (Å²) in [5.41, 5.74) is 1.22. The maximum absolute atomic E-state index is 11.8. The molecule has 2 heteroatoms. The van der Waals surface area contributed by atoms with Crippen LogP contribution in [0.25, 0.3) is 10.8 Å². The first kappa shape index (κ1) is 10.6. The van der Waals surface area contributed by atoms with Crippen LogP contribution in [0.3, 0.4) is 0 Å². The van der Waals surface area contributed by atoms with Gasteiger partial charge in [0.15, 0.2) is 12.1 Å². The normalized spacial score (nSPS) is 10.3. The van der Waals surface area contributed by atoms with E-state index in [1.165, 1.54) is 0 Å². The predicted molar refractivity (Wildman–Crippen MR) is 64.0 cm³/mol. The SMILES string of the molecule is CCC(=O)c1cccc2cccc(C=O)c12. The van der Waals surface area contributed by atoms with Crippen LogP contribution in [0, 0.1) is 0 Å². The highest BCUT2D eigenvalue weighted by atomic mass is 16.1. The Kier molecular flexibility index (Phi) is 2.82. The molecule has 0 fully saturated rings. The van der Waals surface area contributed by atoms with Crippen molar-refractivity contribution in [2.24, 2.45) is 0 Å².